The minimum Gasteiger partial charge on any atom is -0.497 e. The smallest absolute Gasteiger partial charge is 0.272 e. The molecule has 1 amide bonds. The third-order valence-corrected chi connectivity index (χ3v) is 6.14. The van der Waals surface area contributed by atoms with Crippen LogP contribution in [0.2, 0.25) is 5.02 Å². The van der Waals surface area contributed by atoms with Crippen LogP contribution in [0.3, 0.4) is 0 Å². The first-order chi connectivity index (χ1) is 17.0. The van der Waals surface area contributed by atoms with Crippen molar-refractivity contribution in [3.8, 4) is 17.0 Å². The average molecular weight is 480 g/mol. The molecule has 0 aliphatic heterocycles. The number of carbonyl (C=O) groups is 1. The number of benzene rings is 4. The standard InChI is InChI=1S/C29H22ClN3O2/c1-18(20-7-8-22-16-24(35-2)14-11-21(22)15-20)32-33-29(34)26-17-28(19-9-12-23(30)13-10-19)31-27-6-4-3-5-25(26)27/h3-17H,1-2H3,(H,33,34)/b32-18-. The maximum atomic E-state index is 13.2. The van der Waals surface area contributed by atoms with Gasteiger partial charge in [0.2, 0.25) is 0 Å². The van der Waals surface area contributed by atoms with E-state index in [0.717, 1.165) is 38.6 Å². The number of para-hydroxylation sites is 1. The molecule has 35 heavy (non-hydrogen) atoms. The monoisotopic (exact) mass is 479 g/mol. The topological polar surface area (TPSA) is 63.6 Å². The van der Waals surface area contributed by atoms with Gasteiger partial charge in [-0.1, -0.05) is 60.1 Å². The van der Waals surface area contributed by atoms with E-state index in [1.54, 1.807) is 25.3 Å². The van der Waals surface area contributed by atoms with Crippen molar-refractivity contribution >= 4 is 44.9 Å². The molecule has 5 nitrogen and oxygen atoms in total. The van der Waals surface area contributed by atoms with E-state index < -0.39 is 0 Å². The normalized spacial score (nSPS) is 11.6. The van der Waals surface area contributed by atoms with Gasteiger partial charge in [0, 0.05) is 16.0 Å². The number of methoxy groups -OCH3 is 1. The Balaban J connectivity index is 1.46. The fraction of sp³-hybridized carbons (Fsp3) is 0.0690. The second-order valence-electron chi connectivity index (χ2n) is 8.15. The molecular formula is C29H22ClN3O2. The van der Waals surface area contributed by atoms with Crippen LogP contribution in [0, 0.1) is 0 Å². The summed E-state index contributed by atoms with van der Waals surface area (Å²) >= 11 is 6.04. The molecule has 0 atom stereocenters. The summed E-state index contributed by atoms with van der Waals surface area (Å²) in [6, 6.07) is 28.7. The molecule has 0 saturated carbocycles. The first-order valence-corrected chi connectivity index (χ1v) is 11.5. The predicted molar refractivity (Wildman–Crippen MR) is 142 cm³/mol. The first-order valence-electron chi connectivity index (χ1n) is 11.1. The Bertz CT molecular complexity index is 1590. The molecule has 4 aromatic carbocycles. The molecule has 0 bridgehead atoms. The van der Waals surface area contributed by atoms with Crippen LogP contribution in [0.25, 0.3) is 32.9 Å². The number of nitrogens with zero attached hydrogens (tertiary/aromatic N) is 2. The van der Waals surface area contributed by atoms with E-state index in [2.05, 4.69) is 10.5 Å². The zero-order valence-corrected chi connectivity index (χ0v) is 20.0. The molecule has 1 heterocycles. The van der Waals surface area contributed by atoms with E-state index in [9.17, 15) is 4.79 Å². The number of rotatable bonds is 5. The summed E-state index contributed by atoms with van der Waals surface area (Å²) in [6.07, 6.45) is 0. The highest BCUT2D eigenvalue weighted by atomic mass is 35.5. The van der Waals surface area contributed by atoms with Crippen molar-refractivity contribution in [3.05, 3.63) is 107 Å². The van der Waals surface area contributed by atoms with Crippen LogP contribution in [-0.2, 0) is 0 Å². The highest BCUT2D eigenvalue weighted by molar-refractivity contribution is 6.30. The Hall–Kier alpha value is -4.22. The lowest BCUT2D eigenvalue weighted by Crippen LogP contribution is -2.20. The summed E-state index contributed by atoms with van der Waals surface area (Å²) < 4.78 is 5.30. The Labute approximate surface area is 208 Å². The van der Waals surface area contributed by atoms with E-state index in [1.807, 2.05) is 79.7 Å². The minimum atomic E-state index is -0.302. The van der Waals surface area contributed by atoms with Crippen molar-refractivity contribution < 1.29 is 9.53 Å². The largest absolute Gasteiger partial charge is 0.497 e. The van der Waals surface area contributed by atoms with Gasteiger partial charge in [0.05, 0.1) is 29.6 Å². The number of amides is 1. The van der Waals surface area contributed by atoms with Crippen LogP contribution in [0.5, 0.6) is 5.75 Å². The molecule has 0 aliphatic rings. The molecule has 0 radical (unpaired) electrons. The zero-order chi connectivity index (χ0) is 24.4. The van der Waals surface area contributed by atoms with Crippen LogP contribution < -0.4 is 10.2 Å². The van der Waals surface area contributed by atoms with Crippen molar-refractivity contribution in [2.24, 2.45) is 5.10 Å². The number of nitrogens with one attached hydrogen (secondary N) is 1. The number of halogens is 1. The summed E-state index contributed by atoms with van der Waals surface area (Å²) in [7, 11) is 1.65. The van der Waals surface area contributed by atoms with Crippen molar-refractivity contribution in [2.45, 2.75) is 6.92 Å². The van der Waals surface area contributed by atoms with E-state index in [1.165, 1.54) is 0 Å². The third kappa shape index (κ3) is 4.72. The fourth-order valence-corrected chi connectivity index (χ4v) is 4.09. The van der Waals surface area contributed by atoms with Gasteiger partial charge in [0.1, 0.15) is 5.75 Å². The lowest BCUT2D eigenvalue weighted by atomic mass is 10.0. The Morgan fingerprint density at radius 3 is 2.46 bits per heavy atom. The van der Waals surface area contributed by atoms with Crippen LogP contribution >= 0.6 is 11.6 Å². The van der Waals surface area contributed by atoms with Crippen molar-refractivity contribution in [1.29, 1.82) is 0 Å². The van der Waals surface area contributed by atoms with Gasteiger partial charge >= 0.3 is 0 Å². The number of hydrogen-bond acceptors (Lipinski definition) is 4. The van der Waals surface area contributed by atoms with Gasteiger partial charge < -0.3 is 4.74 Å². The molecule has 1 aromatic heterocycles. The van der Waals surface area contributed by atoms with Gasteiger partial charge in [0.25, 0.3) is 5.91 Å². The minimum absolute atomic E-state index is 0.302. The molecule has 0 spiro atoms. The van der Waals surface area contributed by atoms with Crippen LogP contribution in [-0.4, -0.2) is 23.7 Å². The second-order valence-corrected chi connectivity index (χ2v) is 8.58. The van der Waals surface area contributed by atoms with E-state index in [0.29, 0.717) is 22.0 Å². The number of aromatic nitrogens is 1. The number of fused-ring (bicyclic) bond motifs is 2. The number of carbonyl (C=O) groups excluding carboxylic acids is 1. The molecule has 6 heteroatoms. The highest BCUT2D eigenvalue weighted by Gasteiger charge is 2.14. The van der Waals surface area contributed by atoms with Gasteiger partial charge in [-0.25, -0.2) is 10.4 Å². The van der Waals surface area contributed by atoms with Crippen molar-refractivity contribution in [1.82, 2.24) is 10.4 Å². The zero-order valence-electron chi connectivity index (χ0n) is 19.2. The Kier molecular flexibility index (Phi) is 6.17. The molecule has 0 saturated heterocycles. The molecule has 5 aromatic rings. The molecule has 0 aliphatic carbocycles. The molecule has 1 N–H and O–H groups in total. The maximum Gasteiger partial charge on any atom is 0.272 e. The molecule has 0 unspecified atom stereocenters. The highest BCUT2D eigenvalue weighted by Crippen LogP contribution is 2.26. The predicted octanol–water partition coefficient (Wildman–Crippen LogP) is 6.87. The SMILES string of the molecule is COc1ccc2cc(/C(C)=N\NC(=O)c3cc(-c4ccc(Cl)cc4)nc4ccccc34)ccc2c1. The maximum absolute atomic E-state index is 13.2. The molecule has 5 rings (SSSR count). The van der Waals surface area contributed by atoms with Gasteiger partial charge in [-0.3, -0.25) is 4.79 Å². The molecular weight excluding hydrogens is 458 g/mol. The van der Waals surface area contributed by atoms with E-state index in [-0.39, 0.29) is 5.91 Å². The molecule has 172 valence electrons. The third-order valence-electron chi connectivity index (χ3n) is 5.89. The van der Waals surface area contributed by atoms with Crippen LogP contribution in [0.1, 0.15) is 22.8 Å². The fourth-order valence-electron chi connectivity index (χ4n) is 3.97. The van der Waals surface area contributed by atoms with Crippen molar-refractivity contribution in [2.75, 3.05) is 7.11 Å². The summed E-state index contributed by atoms with van der Waals surface area (Å²) in [5, 5.41) is 7.93. The van der Waals surface area contributed by atoms with Crippen LogP contribution in [0.15, 0.2) is 96.1 Å². The quantitative estimate of drug-likeness (QED) is 0.221. The summed E-state index contributed by atoms with van der Waals surface area (Å²) in [4.78, 5) is 18.0. The lowest BCUT2D eigenvalue weighted by Gasteiger charge is -2.10. The van der Waals surface area contributed by atoms with Crippen molar-refractivity contribution in [3.63, 3.8) is 0 Å². The Morgan fingerprint density at radius 1 is 0.914 bits per heavy atom. The van der Waals surface area contributed by atoms with E-state index >= 15 is 0 Å². The van der Waals surface area contributed by atoms with Gasteiger partial charge in [-0.05, 0) is 65.7 Å². The number of ether oxygens (including phenoxy) is 1. The number of pyridine rings is 1. The van der Waals surface area contributed by atoms with Gasteiger partial charge in [0.15, 0.2) is 0 Å². The summed E-state index contributed by atoms with van der Waals surface area (Å²) in [5.74, 6) is 0.508. The number of hydrazone groups is 1. The second kappa shape index (κ2) is 9.57. The average Bonchev–Trinajstić information content (AvgIpc) is 2.90. The lowest BCUT2D eigenvalue weighted by molar-refractivity contribution is 0.0956. The van der Waals surface area contributed by atoms with Gasteiger partial charge in [-0.2, -0.15) is 5.10 Å². The van der Waals surface area contributed by atoms with Gasteiger partial charge in [-0.15, -0.1) is 0 Å². The summed E-state index contributed by atoms with van der Waals surface area (Å²) in [5.41, 5.74) is 7.15. The summed E-state index contributed by atoms with van der Waals surface area (Å²) in [6.45, 7) is 1.87. The first kappa shape index (κ1) is 22.6. The number of hydrogen-bond donors (Lipinski definition) is 1. The Morgan fingerprint density at radius 2 is 1.66 bits per heavy atom. The molecule has 0 fully saturated rings. The van der Waals surface area contributed by atoms with E-state index in [4.69, 9.17) is 21.3 Å². The van der Waals surface area contributed by atoms with Crippen LogP contribution in [0.4, 0.5) is 0 Å².